The van der Waals surface area contributed by atoms with E-state index in [0.29, 0.717) is 0 Å². The Bertz CT molecular complexity index is 44.9. The number of hydrogen-bond donors (Lipinski definition) is 0. The first kappa shape index (κ1) is 5.48. The van der Waals surface area contributed by atoms with Gasteiger partial charge in [-0.3, -0.25) is 4.57 Å². The Morgan fingerprint density at radius 2 is 2.20 bits per heavy atom. The first-order valence-corrected chi connectivity index (χ1v) is 3.33. The van der Waals surface area contributed by atoms with Crippen molar-refractivity contribution in [2.75, 3.05) is 7.11 Å². The first-order valence-electron chi connectivity index (χ1n) is 1.01. The van der Waals surface area contributed by atoms with E-state index in [0.717, 1.165) is 0 Å². The van der Waals surface area contributed by atoms with Crippen LogP contribution in [0.4, 0.5) is 0 Å². The van der Waals surface area contributed by atoms with Crippen molar-refractivity contribution in [1.29, 1.82) is 0 Å². The molecule has 32 valence electrons. The lowest BCUT2D eigenvalue weighted by molar-refractivity contribution is 0.428. The second-order valence-electron chi connectivity index (χ2n) is 0.442. The molecule has 0 saturated heterocycles. The summed E-state index contributed by atoms with van der Waals surface area (Å²) in [6, 6.07) is 0. The van der Waals surface area contributed by atoms with Gasteiger partial charge in [0.25, 0.3) is 7.38 Å². The summed E-state index contributed by atoms with van der Waals surface area (Å²) >= 11 is 4.79. The summed E-state index contributed by atoms with van der Waals surface area (Å²) in [6.45, 7) is 0. The topological polar surface area (TPSA) is 26.3 Å². The highest BCUT2D eigenvalue weighted by Gasteiger charge is 1.76. The van der Waals surface area contributed by atoms with Gasteiger partial charge in [-0.2, -0.15) is 0 Å². The quantitative estimate of drug-likeness (QED) is 0.480. The van der Waals surface area contributed by atoms with Gasteiger partial charge in [0.05, 0.1) is 0 Å². The fourth-order valence-electron chi connectivity index (χ4n) is 0. The lowest BCUT2D eigenvalue weighted by Crippen LogP contribution is -1.49. The maximum absolute atomic E-state index is 9.54. The average Bonchev–Trinajstić information content (AvgIpc) is 1.38. The molecule has 0 saturated carbocycles. The summed E-state index contributed by atoms with van der Waals surface area (Å²) in [7, 11) is -0.852. The number of halogens is 1. The van der Waals surface area contributed by atoms with Crippen molar-refractivity contribution in [3.63, 3.8) is 0 Å². The lowest BCUT2D eigenvalue weighted by Gasteiger charge is -1.76. The zero-order chi connectivity index (χ0) is 4.28. The number of rotatable bonds is 1. The van der Waals surface area contributed by atoms with Crippen molar-refractivity contribution in [3.05, 3.63) is 0 Å². The molecule has 2 nitrogen and oxygen atoms in total. The van der Waals surface area contributed by atoms with Gasteiger partial charge in [-0.25, -0.2) is 0 Å². The number of hydrogen-bond acceptors (Lipinski definition) is 2. The largest absolute Gasteiger partial charge is 0.323 e. The van der Waals surface area contributed by atoms with Crippen LogP contribution in [0.1, 0.15) is 0 Å². The first-order chi connectivity index (χ1) is 2.27. The van der Waals surface area contributed by atoms with Crippen LogP contribution in [-0.4, -0.2) is 7.11 Å². The fraction of sp³-hybridized carbons (Fsp3) is 1.00. The third kappa shape index (κ3) is 4.48. The van der Waals surface area contributed by atoms with Crippen LogP contribution in [0.15, 0.2) is 0 Å². The van der Waals surface area contributed by atoms with E-state index in [1.807, 2.05) is 0 Å². The van der Waals surface area contributed by atoms with E-state index in [1.54, 1.807) is 0 Å². The van der Waals surface area contributed by atoms with Crippen LogP contribution in [0.5, 0.6) is 0 Å². The van der Waals surface area contributed by atoms with Gasteiger partial charge in [-0.1, -0.05) is 0 Å². The van der Waals surface area contributed by atoms with Crippen LogP contribution in [0, 0.1) is 0 Å². The van der Waals surface area contributed by atoms with Gasteiger partial charge in [-0.05, 0) is 11.2 Å². The van der Waals surface area contributed by atoms with Crippen LogP contribution in [0.3, 0.4) is 0 Å². The SMILES string of the molecule is CO[PH](=O)Cl. The van der Waals surface area contributed by atoms with Crippen molar-refractivity contribution in [1.82, 2.24) is 0 Å². The molecule has 0 rings (SSSR count). The fourth-order valence-corrected chi connectivity index (χ4v) is 0. The molecule has 0 aliphatic rings. The van der Waals surface area contributed by atoms with Gasteiger partial charge in [0.1, 0.15) is 0 Å². The molecule has 1 atom stereocenters. The molecule has 0 bridgehead atoms. The molecule has 0 aliphatic carbocycles. The molecule has 0 aromatic carbocycles. The van der Waals surface area contributed by atoms with Gasteiger partial charge < -0.3 is 4.52 Å². The monoisotopic (exact) mass is 114 g/mol. The van der Waals surface area contributed by atoms with E-state index in [-0.39, 0.29) is 0 Å². The van der Waals surface area contributed by atoms with E-state index < -0.39 is 7.38 Å². The maximum Gasteiger partial charge on any atom is 0.278 e. The summed E-state index contributed by atoms with van der Waals surface area (Å²) in [5, 5.41) is 0. The predicted molar refractivity (Wildman–Crippen MR) is 21.9 cm³/mol. The minimum atomic E-state index is -2.15. The second kappa shape index (κ2) is 2.70. The van der Waals surface area contributed by atoms with Crippen molar-refractivity contribution in [2.45, 2.75) is 0 Å². The Hall–Kier alpha value is 0.480. The highest BCUT2D eigenvalue weighted by molar-refractivity contribution is 7.69. The highest BCUT2D eigenvalue weighted by atomic mass is 35.7. The molecule has 1 unspecified atom stereocenters. The molecular weight excluding hydrogens is 110 g/mol. The molecule has 4 heteroatoms. The minimum Gasteiger partial charge on any atom is -0.323 e. The van der Waals surface area contributed by atoms with Gasteiger partial charge in [0, 0.05) is 7.11 Å². The van der Waals surface area contributed by atoms with E-state index in [2.05, 4.69) is 4.52 Å². The zero-order valence-electron chi connectivity index (χ0n) is 2.69. The van der Waals surface area contributed by atoms with Crippen LogP contribution >= 0.6 is 18.6 Å². The van der Waals surface area contributed by atoms with E-state index in [4.69, 9.17) is 11.2 Å². The van der Waals surface area contributed by atoms with Crippen LogP contribution in [-0.2, 0) is 9.09 Å². The Morgan fingerprint density at radius 1 is 2.00 bits per heavy atom. The van der Waals surface area contributed by atoms with Crippen LogP contribution in [0.25, 0.3) is 0 Å². The Morgan fingerprint density at radius 3 is 2.20 bits per heavy atom. The molecule has 0 fully saturated rings. The molecule has 0 aromatic heterocycles. The molecule has 0 N–H and O–H groups in total. The van der Waals surface area contributed by atoms with Gasteiger partial charge in [-0.15, -0.1) is 0 Å². The van der Waals surface area contributed by atoms with E-state index in [9.17, 15) is 4.57 Å². The molecule has 0 heterocycles. The third-order valence-corrected chi connectivity index (χ3v) is 0.944. The third-order valence-electron chi connectivity index (χ3n) is 0.160. The maximum atomic E-state index is 9.54. The predicted octanol–water partition coefficient (Wildman–Crippen LogP) is 1.26. The Kier molecular flexibility index (Phi) is 2.96. The van der Waals surface area contributed by atoms with Crippen molar-refractivity contribution in [3.8, 4) is 0 Å². The molecule has 5 heavy (non-hydrogen) atoms. The summed E-state index contributed by atoms with van der Waals surface area (Å²) in [5.41, 5.74) is 0. The normalized spacial score (nSPS) is 14.8. The van der Waals surface area contributed by atoms with Crippen molar-refractivity contribution in [2.24, 2.45) is 0 Å². The Balaban J connectivity index is 2.85. The minimum absolute atomic E-state index is 1.30. The highest BCUT2D eigenvalue weighted by Crippen LogP contribution is 2.24. The summed E-state index contributed by atoms with van der Waals surface area (Å²) in [4.78, 5) is 0. The summed E-state index contributed by atoms with van der Waals surface area (Å²) in [5.74, 6) is 0. The molecule has 0 amide bonds. The van der Waals surface area contributed by atoms with Gasteiger partial charge >= 0.3 is 0 Å². The smallest absolute Gasteiger partial charge is 0.278 e. The second-order valence-corrected chi connectivity index (χ2v) is 2.25. The van der Waals surface area contributed by atoms with Crippen LogP contribution in [0.2, 0.25) is 0 Å². The zero-order valence-corrected chi connectivity index (χ0v) is 4.45. The van der Waals surface area contributed by atoms with Gasteiger partial charge in [0.2, 0.25) is 0 Å². The van der Waals surface area contributed by atoms with Crippen LogP contribution < -0.4 is 0 Å². The summed E-state index contributed by atoms with van der Waals surface area (Å²) < 4.78 is 13.6. The molecule has 0 radical (unpaired) electrons. The lowest BCUT2D eigenvalue weighted by atomic mass is 11.8. The average molecular weight is 114 g/mol. The van der Waals surface area contributed by atoms with E-state index in [1.165, 1.54) is 7.11 Å². The molecule has 0 aliphatic heterocycles. The van der Waals surface area contributed by atoms with Crippen molar-refractivity contribution >= 4 is 18.6 Å². The summed E-state index contributed by atoms with van der Waals surface area (Å²) in [6.07, 6.45) is 0. The Labute approximate surface area is 35.7 Å². The van der Waals surface area contributed by atoms with Crippen molar-refractivity contribution < 1.29 is 9.09 Å². The van der Waals surface area contributed by atoms with Gasteiger partial charge in [0.15, 0.2) is 0 Å². The molecular formula is CH4ClO2P. The standard InChI is InChI=1S/CH4ClO2P/c1-4-5(2)3/h5H,1H3. The van der Waals surface area contributed by atoms with E-state index >= 15 is 0 Å². The molecule has 0 spiro atoms. The molecule has 0 aromatic rings.